The van der Waals surface area contributed by atoms with Gasteiger partial charge in [-0.05, 0) is 37.7 Å². The van der Waals surface area contributed by atoms with Crippen LogP contribution in [0.5, 0.6) is 0 Å². The van der Waals surface area contributed by atoms with Crippen molar-refractivity contribution in [1.29, 1.82) is 0 Å². The first-order chi connectivity index (χ1) is 13.3. The molecule has 0 unspecified atom stereocenters. The average molecular weight is 372 g/mol. The van der Waals surface area contributed by atoms with Crippen molar-refractivity contribution in [3.8, 4) is 0 Å². The molecule has 0 radical (unpaired) electrons. The zero-order chi connectivity index (χ0) is 18.5. The molecule has 4 rings (SSSR count). The van der Waals surface area contributed by atoms with Crippen molar-refractivity contribution in [3.63, 3.8) is 0 Å². The monoisotopic (exact) mass is 371 g/mol. The van der Waals surface area contributed by atoms with Gasteiger partial charge in [0, 0.05) is 58.5 Å². The van der Waals surface area contributed by atoms with E-state index in [0.29, 0.717) is 6.04 Å². The van der Waals surface area contributed by atoms with Crippen molar-refractivity contribution in [1.82, 2.24) is 14.7 Å². The first-order valence-electron chi connectivity index (χ1n) is 10.7. The number of amides is 1. The molecule has 0 N–H and O–H groups in total. The van der Waals surface area contributed by atoms with Crippen molar-refractivity contribution in [2.24, 2.45) is 0 Å². The first kappa shape index (κ1) is 18.9. The summed E-state index contributed by atoms with van der Waals surface area (Å²) in [6.45, 7) is 8.19. The Morgan fingerprint density at radius 2 is 1.67 bits per heavy atom. The van der Waals surface area contributed by atoms with Crippen LogP contribution in [0.3, 0.4) is 0 Å². The van der Waals surface area contributed by atoms with Crippen LogP contribution in [0.1, 0.15) is 37.7 Å². The van der Waals surface area contributed by atoms with Crippen molar-refractivity contribution >= 4 is 5.91 Å². The maximum atomic E-state index is 12.6. The standard InChI is InChI=1S/C22H33N3O2/c26-22(21-8-4-5-17-27-21)25-11-9-20(10-12-25)24-15-13-23(14-16-24)18-19-6-2-1-3-7-19/h1-3,6-7,20-21H,4-5,8-18H2/t21-/m0/s1. The Kier molecular flexibility index (Phi) is 6.43. The van der Waals surface area contributed by atoms with Gasteiger partial charge in [-0.2, -0.15) is 0 Å². The molecule has 1 aromatic rings. The number of hydrogen-bond acceptors (Lipinski definition) is 4. The van der Waals surface area contributed by atoms with E-state index in [4.69, 9.17) is 4.74 Å². The van der Waals surface area contributed by atoms with Gasteiger partial charge in [-0.3, -0.25) is 14.6 Å². The zero-order valence-corrected chi connectivity index (χ0v) is 16.4. The van der Waals surface area contributed by atoms with E-state index >= 15 is 0 Å². The normalized spacial score (nSPS) is 26.2. The highest BCUT2D eigenvalue weighted by Gasteiger charge is 2.32. The molecule has 148 valence electrons. The van der Waals surface area contributed by atoms with Gasteiger partial charge >= 0.3 is 0 Å². The van der Waals surface area contributed by atoms with Crippen molar-refractivity contribution in [3.05, 3.63) is 35.9 Å². The summed E-state index contributed by atoms with van der Waals surface area (Å²) in [6.07, 6.45) is 5.18. The molecule has 3 fully saturated rings. The molecule has 0 saturated carbocycles. The van der Waals surface area contributed by atoms with E-state index in [-0.39, 0.29) is 12.0 Å². The lowest BCUT2D eigenvalue weighted by atomic mass is 10.0. The Labute approximate surface area is 163 Å². The smallest absolute Gasteiger partial charge is 0.251 e. The van der Waals surface area contributed by atoms with Gasteiger partial charge in [0.1, 0.15) is 6.10 Å². The summed E-state index contributed by atoms with van der Waals surface area (Å²) < 4.78 is 5.69. The second-order valence-corrected chi connectivity index (χ2v) is 8.21. The maximum absolute atomic E-state index is 12.6. The topological polar surface area (TPSA) is 36.0 Å². The number of nitrogens with zero attached hydrogens (tertiary/aromatic N) is 3. The number of benzene rings is 1. The van der Waals surface area contributed by atoms with Crippen molar-refractivity contribution in [2.45, 2.75) is 50.8 Å². The fourth-order valence-electron chi connectivity index (χ4n) is 4.72. The zero-order valence-electron chi connectivity index (χ0n) is 16.4. The van der Waals surface area contributed by atoms with Crippen LogP contribution in [-0.4, -0.2) is 78.6 Å². The molecule has 0 spiro atoms. The van der Waals surface area contributed by atoms with Crippen LogP contribution in [0.25, 0.3) is 0 Å². The fraction of sp³-hybridized carbons (Fsp3) is 0.682. The minimum atomic E-state index is -0.170. The molecule has 27 heavy (non-hydrogen) atoms. The SMILES string of the molecule is O=C([C@@H]1CCCCO1)N1CCC(N2CCN(Cc3ccccc3)CC2)CC1. The highest BCUT2D eigenvalue weighted by atomic mass is 16.5. The number of hydrogen-bond donors (Lipinski definition) is 0. The van der Waals surface area contributed by atoms with Crippen LogP contribution >= 0.6 is 0 Å². The lowest BCUT2D eigenvalue weighted by Gasteiger charge is -2.43. The molecule has 3 aliphatic rings. The van der Waals surface area contributed by atoms with Crippen molar-refractivity contribution < 1.29 is 9.53 Å². The Balaban J connectivity index is 1.20. The molecule has 3 saturated heterocycles. The Hall–Kier alpha value is -1.43. The number of ether oxygens (including phenoxy) is 1. The molecule has 1 atom stereocenters. The van der Waals surface area contributed by atoms with Gasteiger partial charge in [0.25, 0.3) is 5.91 Å². The summed E-state index contributed by atoms with van der Waals surface area (Å²) in [6, 6.07) is 11.4. The molecule has 0 bridgehead atoms. The molecular weight excluding hydrogens is 338 g/mol. The largest absolute Gasteiger partial charge is 0.368 e. The molecule has 1 amide bonds. The number of piperidine rings is 1. The molecule has 5 heteroatoms. The third-order valence-corrected chi connectivity index (χ3v) is 6.40. The number of rotatable bonds is 4. The molecule has 3 aliphatic heterocycles. The summed E-state index contributed by atoms with van der Waals surface area (Å²) in [7, 11) is 0. The predicted octanol–water partition coefficient (Wildman–Crippen LogP) is 2.36. The van der Waals surface area contributed by atoms with Gasteiger partial charge in [0.15, 0.2) is 0 Å². The van der Waals surface area contributed by atoms with Gasteiger partial charge in [0.2, 0.25) is 0 Å². The number of carbonyl (C=O) groups excluding carboxylic acids is 1. The maximum Gasteiger partial charge on any atom is 0.251 e. The third-order valence-electron chi connectivity index (χ3n) is 6.40. The molecule has 0 aromatic heterocycles. The van der Waals surface area contributed by atoms with Crippen LogP contribution < -0.4 is 0 Å². The molecular formula is C22H33N3O2. The average Bonchev–Trinajstić information content (AvgIpc) is 2.75. The molecule has 0 aliphatic carbocycles. The van der Waals surface area contributed by atoms with E-state index in [2.05, 4.69) is 45.0 Å². The highest BCUT2D eigenvalue weighted by Crippen LogP contribution is 2.22. The van der Waals surface area contributed by atoms with E-state index in [9.17, 15) is 4.79 Å². The van der Waals surface area contributed by atoms with Gasteiger partial charge in [0.05, 0.1) is 0 Å². The van der Waals surface area contributed by atoms with Gasteiger partial charge in [-0.1, -0.05) is 30.3 Å². The van der Waals surface area contributed by atoms with E-state index < -0.39 is 0 Å². The van der Waals surface area contributed by atoms with E-state index in [1.54, 1.807) is 0 Å². The Morgan fingerprint density at radius 3 is 2.33 bits per heavy atom. The second-order valence-electron chi connectivity index (χ2n) is 8.21. The number of piperazine rings is 1. The van der Waals surface area contributed by atoms with E-state index in [1.807, 2.05) is 0 Å². The quantitative estimate of drug-likeness (QED) is 0.814. The summed E-state index contributed by atoms with van der Waals surface area (Å²) in [5.41, 5.74) is 1.41. The minimum Gasteiger partial charge on any atom is -0.368 e. The third kappa shape index (κ3) is 4.89. The molecule has 1 aromatic carbocycles. The van der Waals surface area contributed by atoms with Crippen LogP contribution in [0, 0.1) is 0 Å². The summed E-state index contributed by atoms with van der Waals surface area (Å²) >= 11 is 0. The van der Waals surface area contributed by atoms with Gasteiger partial charge in [-0.15, -0.1) is 0 Å². The lowest BCUT2D eigenvalue weighted by Crippen LogP contribution is -2.54. The van der Waals surface area contributed by atoms with Crippen molar-refractivity contribution in [2.75, 3.05) is 45.9 Å². The Morgan fingerprint density at radius 1 is 0.926 bits per heavy atom. The molecule has 3 heterocycles. The minimum absolute atomic E-state index is 0.170. The summed E-state index contributed by atoms with van der Waals surface area (Å²) in [4.78, 5) is 19.9. The van der Waals surface area contributed by atoms with Crippen LogP contribution in [0.2, 0.25) is 0 Å². The molecule has 5 nitrogen and oxygen atoms in total. The fourth-order valence-corrected chi connectivity index (χ4v) is 4.72. The van der Waals surface area contributed by atoms with Gasteiger partial charge < -0.3 is 9.64 Å². The lowest BCUT2D eigenvalue weighted by molar-refractivity contribution is -0.148. The van der Waals surface area contributed by atoms with Crippen LogP contribution in [-0.2, 0) is 16.1 Å². The van der Waals surface area contributed by atoms with Gasteiger partial charge in [-0.25, -0.2) is 0 Å². The second kappa shape index (κ2) is 9.18. The predicted molar refractivity (Wildman–Crippen MR) is 106 cm³/mol. The van der Waals surface area contributed by atoms with Crippen LogP contribution in [0.4, 0.5) is 0 Å². The number of likely N-dealkylation sites (tertiary alicyclic amines) is 1. The van der Waals surface area contributed by atoms with Crippen LogP contribution in [0.15, 0.2) is 30.3 Å². The highest BCUT2D eigenvalue weighted by molar-refractivity contribution is 5.81. The first-order valence-corrected chi connectivity index (χ1v) is 10.7. The van der Waals surface area contributed by atoms with E-state index in [0.717, 1.165) is 84.5 Å². The number of carbonyl (C=O) groups is 1. The Bertz CT molecular complexity index is 587. The summed E-state index contributed by atoms with van der Waals surface area (Å²) in [5.74, 6) is 0.237. The summed E-state index contributed by atoms with van der Waals surface area (Å²) in [5, 5.41) is 0. The van der Waals surface area contributed by atoms with E-state index in [1.165, 1.54) is 5.56 Å².